The second-order valence-corrected chi connectivity index (χ2v) is 6.11. The van der Waals surface area contributed by atoms with Gasteiger partial charge in [0, 0.05) is 18.7 Å². The Morgan fingerprint density at radius 1 is 1.41 bits per heavy atom. The van der Waals surface area contributed by atoms with Gasteiger partial charge in [-0.25, -0.2) is 9.78 Å². The molecule has 1 aliphatic rings. The number of hydrogen-bond donors (Lipinski definition) is 2. The van der Waals surface area contributed by atoms with Crippen LogP contribution in [0.4, 0.5) is 11.4 Å². The fraction of sp³-hybridized carbons (Fsp3) is 0.333. The molecule has 7 heteroatoms. The van der Waals surface area contributed by atoms with Crippen LogP contribution < -0.4 is 10.6 Å². The molecule has 3 rings (SSSR count). The van der Waals surface area contributed by atoms with Crippen LogP contribution in [0.2, 0.25) is 0 Å². The first-order valence-corrected chi connectivity index (χ1v) is 7.81. The third kappa shape index (κ3) is 2.77. The van der Waals surface area contributed by atoms with Crippen molar-refractivity contribution in [2.75, 3.05) is 36.9 Å². The lowest BCUT2D eigenvalue weighted by Crippen LogP contribution is -2.36. The first kappa shape index (κ1) is 14.8. The van der Waals surface area contributed by atoms with Crippen molar-refractivity contribution in [3.05, 3.63) is 28.8 Å². The summed E-state index contributed by atoms with van der Waals surface area (Å²) in [6.07, 6.45) is 0. The molecule has 6 nitrogen and oxygen atoms in total. The molecule has 2 aromatic rings. The Bertz CT molecular complexity index is 708. The minimum Gasteiger partial charge on any atom is -0.477 e. The summed E-state index contributed by atoms with van der Waals surface area (Å²) in [7, 11) is 0. The van der Waals surface area contributed by atoms with Crippen LogP contribution in [0.5, 0.6) is 0 Å². The number of aromatic nitrogens is 1. The van der Waals surface area contributed by atoms with E-state index in [1.165, 1.54) is 11.3 Å². The van der Waals surface area contributed by atoms with Crippen LogP contribution in [0, 0.1) is 6.92 Å². The van der Waals surface area contributed by atoms with Crippen molar-refractivity contribution < 1.29 is 14.6 Å². The van der Waals surface area contributed by atoms with Gasteiger partial charge in [-0.3, -0.25) is 0 Å². The molecule has 0 saturated carbocycles. The summed E-state index contributed by atoms with van der Waals surface area (Å²) in [5.41, 5.74) is 9.20. The lowest BCUT2D eigenvalue weighted by atomic mass is 10.1. The number of carboxylic acids is 1. The predicted molar refractivity (Wildman–Crippen MR) is 86.7 cm³/mol. The monoisotopic (exact) mass is 319 g/mol. The molecule has 0 atom stereocenters. The summed E-state index contributed by atoms with van der Waals surface area (Å²) in [5.74, 6) is -0.945. The van der Waals surface area contributed by atoms with Gasteiger partial charge in [0.2, 0.25) is 0 Å². The Balaban J connectivity index is 1.91. The number of thiazole rings is 1. The second kappa shape index (κ2) is 5.94. The number of nitrogens with zero attached hydrogens (tertiary/aromatic N) is 2. The van der Waals surface area contributed by atoms with Crippen LogP contribution in [-0.4, -0.2) is 42.4 Å². The number of hydrogen-bond acceptors (Lipinski definition) is 6. The maximum atomic E-state index is 11.1. The Kier molecular flexibility index (Phi) is 4.00. The molecule has 0 aliphatic carbocycles. The summed E-state index contributed by atoms with van der Waals surface area (Å²) in [6, 6.07) is 5.76. The van der Waals surface area contributed by atoms with Crippen LogP contribution >= 0.6 is 11.3 Å². The van der Waals surface area contributed by atoms with Crippen molar-refractivity contribution in [3.63, 3.8) is 0 Å². The molecule has 1 aromatic heterocycles. The summed E-state index contributed by atoms with van der Waals surface area (Å²) in [6.45, 7) is 4.75. The van der Waals surface area contributed by atoms with Crippen molar-refractivity contribution in [2.45, 2.75) is 6.92 Å². The first-order chi connectivity index (χ1) is 10.6. The van der Waals surface area contributed by atoms with Gasteiger partial charge >= 0.3 is 5.97 Å². The number of aromatic carboxylic acids is 1. The third-order valence-corrected chi connectivity index (χ3v) is 4.81. The zero-order valence-corrected chi connectivity index (χ0v) is 13.0. The van der Waals surface area contributed by atoms with Crippen LogP contribution in [-0.2, 0) is 4.74 Å². The second-order valence-electron chi connectivity index (χ2n) is 5.11. The van der Waals surface area contributed by atoms with Gasteiger partial charge in [0.15, 0.2) is 0 Å². The Labute approximate surface area is 132 Å². The predicted octanol–water partition coefficient (Wildman–Crippen LogP) is 2.24. The van der Waals surface area contributed by atoms with Crippen molar-refractivity contribution in [2.24, 2.45) is 0 Å². The van der Waals surface area contributed by atoms with Gasteiger partial charge in [0.1, 0.15) is 9.88 Å². The number of morpholine rings is 1. The molecule has 1 saturated heterocycles. The normalized spacial score (nSPS) is 15.0. The number of carbonyl (C=O) groups is 1. The highest BCUT2D eigenvalue weighted by atomic mass is 32.1. The van der Waals surface area contributed by atoms with Crippen molar-refractivity contribution in [3.8, 4) is 10.6 Å². The van der Waals surface area contributed by atoms with Gasteiger partial charge in [-0.1, -0.05) is 0 Å². The largest absolute Gasteiger partial charge is 0.477 e. The molecule has 0 amide bonds. The Hall–Kier alpha value is -2.12. The molecular formula is C15H17N3O3S. The number of carboxylic acid groups (broad SMARTS) is 1. The number of ether oxygens (including phenoxy) is 1. The highest BCUT2D eigenvalue weighted by molar-refractivity contribution is 7.17. The van der Waals surface area contributed by atoms with Crippen LogP contribution in [0.25, 0.3) is 10.6 Å². The Morgan fingerprint density at radius 2 is 2.14 bits per heavy atom. The number of nitrogens with two attached hydrogens (primary N) is 1. The summed E-state index contributed by atoms with van der Waals surface area (Å²) >= 11 is 1.17. The molecule has 3 N–H and O–H groups in total. The number of anilines is 2. The van der Waals surface area contributed by atoms with Crippen molar-refractivity contribution >= 4 is 28.7 Å². The summed E-state index contributed by atoms with van der Waals surface area (Å²) in [5, 5.41) is 9.80. The number of rotatable bonds is 3. The maximum absolute atomic E-state index is 11.1. The van der Waals surface area contributed by atoms with Crippen molar-refractivity contribution in [1.82, 2.24) is 4.98 Å². The minimum absolute atomic E-state index is 0.269. The summed E-state index contributed by atoms with van der Waals surface area (Å²) in [4.78, 5) is 17.9. The lowest BCUT2D eigenvalue weighted by molar-refractivity contribution is 0.0701. The highest BCUT2D eigenvalue weighted by Crippen LogP contribution is 2.33. The third-order valence-electron chi connectivity index (χ3n) is 3.62. The number of benzene rings is 1. The van der Waals surface area contributed by atoms with Crippen molar-refractivity contribution in [1.29, 1.82) is 0 Å². The van der Waals surface area contributed by atoms with Crippen LogP contribution in [0.3, 0.4) is 0 Å². The van der Waals surface area contributed by atoms with Gasteiger partial charge in [-0.2, -0.15) is 0 Å². The van der Waals surface area contributed by atoms with E-state index in [4.69, 9.17) is 15.6 Å². The zero-order valence-electron chi connectivity index (χ0n) is 12.2. The number of aryl methyl sites for hydroxylation is 1. The average Bonchev–Trinajstić information content (AvgIpc) is 2.90. The zero-order chi connectivity index (χ0) is 15.7. The van der Waals surface area contributed by atoms with E-state index in [1.54, 1.807) is 6.92 Å². The molecule has 0 bridgehead atoms. The van der Waals surface area contributed by atoms with E-state index in [1.807, 2.05) is 18.2 Å². The standard InChI is InChI=1S/C15H17N3O3S/c1-9-13(15(19)20)22-14(17-9)10-2-3-12(11(16)8-10)18-4-6-21-7-5-18/h2-3,8H,4-7,16H2,1H3,(H,19,20). The molecule has 116 valence electrons. The highest BCUT2D eigenvalue weighted by Gasteiger charge is 2.17. The van der Waals surface area contributed by atoms with E-state index in [0.29, 0.717) is 29.6 Å². The molecule has 1 aliphatic heterocycles. The fourth-order valence-electron chi connectivity index (χ4n) is 2.50. The molecule has 2 heterocycles. The molecule has 0 spiro atoms. The summed E-state index contributed by atoms with van der Waals surface area (Å²) < 4.78 is 5.35. The molecule has 0 radical (unpaired) electrons. The first-order valence-electron chi connectivity index (χ1n) is 6.99. The van der Waals surface area contributed by atoms with Gasteiger partial charge in [-0.15, -0.1) is 11.3 Å². The smallest absolute Gasteiger partial charge is 0.347 e. The fourth-order valence-corrected chi connectivity index (χ4v) is 3.40. The minimum atomic E-state index is -0.945. The van der Waals surface area contributed by atoms with E-state index in [2.05, 4.69) is 9.88 Å². The molecule has 1 fully saturated rings. The molecule has 0 unspecified atom stereocenters. The number of nitrogen functional groups attached to an aromatic ring is 1. The van der Waals surface area contributed by atoms with Crippen LogP contribution in [0.15, 0.2) is 18.2 Å². The van der Waals surface area contributed by atoms with E-state index in [0.717, 1.165) is 24.3 Å². The van der Waals surface area contributed by atoms with Crippen LogP contribution in [0.1, 0.15) is 15.4 Å². The SMILES string of the molecule is Cc1nc(-c2ccc(N3CCOCC3)c(N)c2)sc1C(=O)O. The quantitative estimate of drug-likeness (QED) is 0.844. The molecule has 1 aromatic carbocycles. The lowest BCUT2D eigenvalue weighted by Gasteiger charge is -2.29. The van der Waals surface area contributed by atoms with E-state index >= 15 is 0 Å². The molecule has 22 heavy (non-hydrogen) atoms. The van der Waals surface area contributed by atoms with E-state index in [9.17, 15) is 4.79 Å². The van der Waals surface area contributed by atoms with E-state index < -0.39 is 5.97 Å². The van der Waals surface area contributed by atoms with Gasteiger partial charge < -0.3 is 20.5 Å². The maximum Gasteiger partial charge on any atom is 0.347 e. The van der Waals surface area contributed by atoms with Gasteiger partial charge in [0.05, 0.1) is 30.3 Å². The topological polar surface area (TPSA) is 88.7 Å². The average molecular weight is 319 g/mol. The van der Waals surface area contributed by atoms with Gasteiger partial charge in [-0.05, 0) is 25.1 Å². The van der Waals surface area contributed by atoms with E-state index in [-0.39, 0.29) is 4.88 Å². The Morgan fingerprint density at radius 3 is 2.73 bits per heavy atom. The molecular weight excluding hydrogens is 302 g/mol. The van der Waals surface area contributed by atoms with Gasteiger partial charge in [0.25, 0.3) is 0 Å².